The number of fused-ring (bicyclic) bond motifs is 1. The smallest absolute Gasteiger partial charge is 0.254 e. The van der Waals surface area contributed by atoms with Crippen LogP contribution in [0.25, 0.3) is 0 Å². The fraction of sp³-hybridized carbons (Fsp3) is 0.480. The van der Waals surface area contributed by atoms with Crippen molar-refractivity contribution < 1.29 is 9.59 Å². The molecule has 2 amide bonds. The van der Waals surface area contributed by atoms with Crippen molar-refractivity contribution in [3.05, 3.63) is 57.8 Å². The average Bonchev–Trinajstić information content (AvgIpc) is 3.15. The Morgan fingerprint density at radius 2 is 1.79 bits per heavy atom. The zero-order chi connectivity index (χ0) is 24.1. The predicted molar refractivity (Wildman–Crippen MR) is 136 cm³/mol. The van der Waals surface area contributed by atoms with Crippen molar-refractivity contribution in [1.29, 1.82) is 0 Å². The third-order valence-electron chi connectivity index (χ3n) is 5.90. The number of nitrogens with one attached hydrogen (secondary N) is 1. The lowest BCUT2D eigenvalue weighted by molar-refractivity contribution is -0.127. The Morgan fingerprint density at radius 1 is 1.12 bits per heavy atom. The number of amides is 2. The highest BCUT2D eigenvalue weighted by atomic mass is 32.2. The first-order chi connectivity index (χ1) is 15.8. The second kappa shape index (κ2) is 11.0. The van der Waals surface area contributed by atoms with Gasteiger partial charge in [-0.05, 0) is 52.8 Å². The molecule has 1 atom stereocenters. The quantitative estimate of drug-likeness (QED) is 0.600. The number of hydrogen-bond donors (Lipinski definition) is 1. The van der Waals surface area contributed by atoms with E-state index in [1.165, 1.54) is 11.8 Å². The summed E-state index contributed by atoms with van der Waals surface area (Å²) in [5, 5.41) is 5.79. The molecule has 0 radical (unpaired) electrons. The van der Waals surface area contributed by atoms with Crippen LogP contribution in [0.1, 0.15) is 44.4 Å². The minimum atomic E-state index is -0.318. The van der Waals surface area contributed by atoms with Crippen LogP contribution in [0, 0.1) is 6.92 Å². The van der Waals surface area contributed by atoms with Crippen molar-refractivity contribution in [3.8, 4) is 0 Å². The van der Waals surface area contributed by atoms with Gasteiger partial charge in [0.05, 0.1) is 23.7 Å². The molecule has 0 spiro atoms. The Kier molecular flexibility index (Phi) is 8.37. The van der Waals surface area contributed by atoms with Gasteiger partial charge in [0.2, 0.25) is 5.91 Å². The molecule has 0 bridgehead atoms. The van der Waals surface area contributed by atoms with Gasteiger partial charge in [-0.1, -0.05) is 41.6 Å². The summed E-state index contributed by atoms with van der Waals surface area (Å²) in [4.78, 5) is 37.0. The van der Waals surface area contributed by atoms with E-state index in [9.17, 15) is 9.59 Å². The summed E-state index contributed by atoms with van der Waals surface area (Å²) in [6, 6.07) is 7.96. The Labute approximate surface area is 201 Å². The lowest BCUT2D eigenvalue weighted by Crippen LogP contribution is -2.42. The van der Waals surface area contributed by atoms with E-state index < -0.39 is 0 Å². The number of aliphatic imine (C=N–C) groups is 1. The molecule has 2 heterocycles. The summed E-state index contributed by atoms with van der Waals surface area (Å²) in [6.45, 7) is 10.6. The first-order valence-corrected chi connectivity index (χ1v) is 12.4. The Bertz CT molecular complexity index is 977. The van der Waals surface area contributed by atoms with Gasteiger partial charge in [-0.25, -0.2) is 4.99 Å². The lowest BCUT2D eigenvalue weighted by Gasteiger charge is -2.38. The molecule has 8 heteroatoms. The minimum absolute atomic E-state index is 0.00226. The van der Waals surface area contributed by atoms with E-state index in [2.05, 4.69) is 41.4 Å². The highest BCUT2D eigenvalue weighted by Gasteiger charge is 2.41. The Hall–Kier alpha value is -2.58. The molecular weight excluding hydrogens is 434 g/mol. The molecular formula is C25H35N5O2S. The summed E-state index contributed by atoms with van der Waals surface area (Å²) >= 11 is 1.51. The number of allylic oxidation sites excluding steroid dienone is 1. The highest BCUT2D eigenvalue weighted by Crippen LogP contribution is 2.45. The largest absolute Gasteiger partial charge is 0.354 e. The van der Waals surface area contributed by atoms with Crippen LogP contribution in [0.15, 0.2) is 51.6 Å². The molecule has 0 aliphatic carbocycles. The van der Waals surface area contributed by atoms with Gasteiger partial charge in [0, 0.05) is 31.9 Å². The Morgan fingerprint density at radius 3 is 2.39 bits per heavy atom. The predicted octanol–water partition coefficient (Wildman–Crippen LogP) is 3.51. The second-order valence-electron chi connectivity index (χ2n) is 8.61. The van der Waals surface area contributed by atoms with Gasteiger partial charge in [0.25, 0.3) is 5.91 Å². The van der Waals surface area contributed by atoms with Gasteiger partial charge >= 0.3 is 0 Å². The summed E-state index contributed by atoms with van der Waals surface area (Å²) in [5.41, 5.74) is 4.45. The number of carbonyl (C=O) groups is 2. The summed E-state index contributed by atoms with van der Waals surface area (Å²) < 4.78 is 0. The van der Waals surface area contributed by atoms with E-state index in [1.807, 2.05) is 50.1 Å². The maximum Gasteiger partial charge on any atom is 0.254 e. The van der Waals surface area contributed by atoms with E-state index in [0.717, 1.165) is 34.2 Å². The molecule has 33 heavy (non-hydrogen) atoms. The summed E-state index contributed by atoms with van der Waals surface area (Å²) in [7, 11) is 3.96. The maximum atomic E-state index is 13.6. The van der Waals surface area contributed by atoms with Crippen LogP contribution in [0.5, 0.6) is 0 Å². The van der Waals surface area contributed by atoms with Crippen LogP contribution in [-0.4, -0.2) is 72.0 Å². The van der Waals surface area contributed by atoms with Gasteiger partial charge in [0.15, 0.2) is 5.17 Å². The van der Waals surface area contributed by atoms with Crippen LogP contribution in [0.2, 0.25) is 0 Å². The number of thioether (sulfide) groups is 1. The van der Waals surface area contributed by atoms with Gasteiger partial charge in [-0.2, -0.15) is 0 Å². The number of amidine groups is 1. The van der Waals surface area contributed by atoms with E-state index in [-0.39, 0.29) is 24.3 Å². The molecule has 0 saturated carbocycles. The van der Waals surface area contributed by atoms with E-state index >= 15 is 0 Å². The standard InChI is InChI=1S/C25H35N5O2S/c1-7-29(8-2)24(32)22-18(4)27-25-30(23(22)19-11-9-17(3)10-12-19)20(16-33-25)15-21(31)26-13-14-28(5)6/h9-12,16,23H,7-8,13-15H2,1-6H3,(H,26,31). The van der Waals surface area contributed by atoms with E-state index in [1.54, 1.807) is 0 Å². The van der Waals surface area contributed by atoms with E-state index in [0.29, 0.717) is 25.2 Å². The number of hydrogen-bond acceptors (Lipinski definition) is 6. The van der Waals surface area contributed by atoms with Crippen LogP contribution >= 0.6 is 11.8 Å². The number of likely N-dealkylation sites (N-methyl/N-ethyl adjacent to an activating group) is 2. The SMILES string of the molecule is CCN(CC)C(=O)C1=C(C)N=C2SC=C(CC(=O)NCCN(C)C)N2C1c1ccc(C)cc1. The Balaban J connectivity index is 1.96. The number of carbonyl (C=O) groups excluding carboxylic acids is 2. The number of nitrogens with zero attached hydrogens (tertiary/aromatic N) is 4. The summed E-state index contributed by atoms with van der Waals surface area (Å²) in [6.07, 6.45) is 0.244. The first kappa shape index (κ1) is 25.1. The van der Waals surface area contributed by atoms with Crippen molar-refractivity contribution >= 4 is 28.7 Å². The molecule has 7 nitrogen and oxygen atoms in total. The van der Waals surface area contributed by atoms with Crippen LogP contribution in [-0.2, 0) is 9.59 Å². The molecule has 0 aromatic heterocycles. The van der Waals surface area contributed by atoms with Gasteiger partial charge in [-0.3, -0.25) is 9.59 Å². The molecule has 1 aromatic rings. The van der Waals surface area contributed by atoms with Gasteiger partial charge < -0.3 is 20.0 Å². The van der Waals surface area contributed by atoms with Crippen LogP contribution in [0.3, 0.4) is 0 Å². The fourth-order valence-corrected chi connectivity index (χ4v) is 5.00. The molecule has 2 aliphatic heterocycles. The number of benzene rings is 1. The monoisotopic (exact) mass is 469 g/mol. The minimum Gasteiger partial charge on any atom is -0.354 e. The van der Waals surface area contributed by atoms with Crippen molar-refractivity contribution in [2.75, 3.05) is 40.3 Å². The molecule has 0 saturated heterocycles. The maximum absolute atomic E-state index is 13.6. The van der Waals surface area contributed by atoms with Gasteiger partial charge in [0.1, 0.15) is 0 Å². The van der Waals surface area contributed by atoms with Crippen molar-refractivity contribution in [3.63, 3.8) is 0 Å². The third kappa shape index (κ3) is 5.68. The van der Waals surface area contributed by atoms with E-state index in [4.69, 9.17) is 4.99 Å². The average molecular weight is 470 g/mol. The topological polar surface area (TPSA) is 68.2 Å². The molecule has 0 fully saturated rings. The molecule has 3 rings (SSSR count). The first-order valence-electron chi connectivity index (χ1n) is 11.5. The summed E-state index contributed by atoms with van der Waals surface area (Å²) in [5.74, 6) is -0.0342. The van der Waals surface area contributed by atoms with Crippen molar-refractivity contribution in [2.45, 2.75) is 40.2 Å². The van der Waals surface area contributed by atoms with Gasteiger partial charge in [-0.15, -0.1) is 0 Å². The van der Waals surface area contributed by atoms with Crippen LogP contribution < -0.4 is 5.32 Å². The second-order valence-corrected chi connectivity index (χ2v) is 9.45. The zero-order valence-electron chi connectivity index (χ0n) is 20.5. The highest BCUT2D eigenvalue weighted by molar-refractivity contribution is 8.16. The lowest BCUT2D eigenvalue weighted by atomic mass is 9.92. The third-order valence-corrected chi connectivity index (χ3v) is 6.79. The molecule has 1 N–H and O–H groups in total. The number of aryl methyl sites for hydroxylation is 1. The number of rotatable bonds is 9. The molecule has 1 aromatic carbocycles. The molecule has 178 valence electrons. The van der Waals surface area contributed by atoms with Crippen LogP contribution in [0.4, 0.5) is 0 Å². The normalized spacial score (nSPS) is 17.7. The molecule has 1 unspecified atom stereocenters. The fourth-order valence-electron chi connectivity index (χ4n) is 4.03. The zero-order valence-corrected chi connectivity index (χ0v) is 21.3. The van der Waals surface area contributed by atoms with Crippen molar-refractivity contribution in [1.82, 2.24) is 20.0 Å². The molecule has 2 aliphatic rings. The van der Waals surface area contributed by atoms with Crippen molar-refractivity contribution in [2.24, 2.45) is 4.99 Å².